The van der Waals surface area contributed by atoms with Crippen molar-refractivity contribution in [3.63, 3.8) is 0 Å². The summed E-state index contributed by atoms with van der Waals surface area (Å²) < 4.78 is 31.2. The lowest BCUT2D eigenvalue weighted by Crippen LogP contribution is -2.47. The van der Waals surface area contributed by atoms with Crippen LogP contribution in [0.1, 0.15) is 20.8 Å². The molecule has 0 aliphatic carbocycles. The van der Waals surface area contributed by atoms with Crippen molar-refractivity contribution < 1.29 is 17.9 Å². The molecule has 6 nitrogen and oxygen atoms in total. The van der Waals surface area contributed by atoms with E-state index in [0.29, 0.717) is 0 Å². The molecule has 0 spiro atoms. The Kier molecular flexibility index (Phi) is 6.70. The molecule has 0 aromatic carbocycles. The van der Waals surface area contributed by atoms with E-state index in [4.69, 9.17) is 11.6 Å². The zero-order valence-electron chi connectivity index (χ0n) is 9.49. The minimum absolute atomic E-state index is 0.0243. The van der Waals surface area contributed by atoms with E-state index in [1.807, 2.05) is 13.8 Å². The third-order valence-corrected chi connectivity index (χ3v) is 3.15. The van der Waals surface area contributed by atoms with E-state index in [0.717, 1.165) is 0 Å². The van der Waals surface area contributed by atoms with Crippen molar-refractivity contribution in [2.45, 2.75) is 26.8 Å². The molecule has 0 saturated carbocycles. The van der Waals surface area contributed by atoms with E-state index in [1.54, 1.807) is 11.6 Å². The van der Waals surface area contributed by atoms with E-state index >= 15 is 0 Å². The Morgan fingerprint density at radius 3 is 2.38 bits per heavy atom. The maximum Gasteiger partial charge on any atom is 0.421 e. The lowest BCUT2D eigenvalue weighted by molar-refractivity contribution is 0.158. The first-order chi connectivity index (χ1) is 7.32. The van der Waals surface area contributed by atoms with Crippen LogP contribution in [0.25, 0.3) is 0 Å². The number of alkyl halides is 1. The van der Waals surface area contributed by atoms with Gasteiger partial charge >= 0.3 is 16.3 Å². The van der Waals surface area contributed by atoms with Gasteiger partial charge in [-0.15, -0.1) is 11.6 Å². The van der Waals surface area contributed by atoms with Gasteiger partial charge in [0.25, 0.3) is 0 Å². The minimum atomic E-state index is -3.92. The molecule has 96 valence electrons. The SMILES string of the molecule is CCOC(=O)NS(=O)(=O)NC(CCl)C(C)C. The van der Waals surface area contributed by atoms with Crippen molar-refractivity contribution >= 4 is 27.9 Å². The standard InChI is InChI=1S/C8H17ClN2O4S/c1-4-15-8(12)11-16(13,14)10-7(5-9)6(2)3/h6-7,10H,4-5H2,1-3H3,(H,11,12). The quantitative estimate of drug-likeness (QED) is 0.702. The predicted octanol–water partition coefficient (Wildman–Crippen LogP) is 0.830. The summed E-state index contributed by atoms with van der Waals surface area (Å²) in [6.45, 7) is 5.32. The molecule has 0 heterocycles. The fourth-order valence-electron chi connectivity index (χ4n) is 0.845. The molecule has 1 unspecified atom stereocenters. The molecule has 0 aliphatic heterocycles. The zero-order chi connectivity index (χ0) is 12.8. The monoisotopic (exact) mass is 272 g/mol. The normalized spacial score (nSPS) is 13.6. The number of halogens is 1. The van der Waals surface area contributed by atoms with Crippen molar-refractivity contribution in [2.75, 3.05) is 12.5 Å². The van der Waals surface area contributed by atoms with Crippen molar-refractivity contribution in [3.05, 3.63) is 0 Å². The van der Waals surface area contributed by atoms with Crippen LogP contribution in [0.2, 0.25) is 0 Å². The molecular weight excluding hydrogens is 256 g/mol. The van der Waals surface area contributed by atoms with Gasteiger partial charge in [-0.3, -0.25) is 0 Å². The van der Waals surface area contributed by atoms with Crippen LogP contribution in [-0.2, 0) is 14.9 Å². The second kappa shape index (κ2) is 6.93. The highest BCUT2D eigenvalue weighted by atomic mass is 35.5. The molecule has 0 radical (unpaired) electrons. The Bertz CT molecular complexity index is 318. The van der Waals surface area contributed by atoms with Gasteiger partial charge in [0.2, 0.25) is 0 Å². The Morgan fingerprint density at radius 1 is 1.44 bits per heavy atom. The fraction of sp³-hybridized carbons (Fsp3) is 0.875. The summed E-state index contributed by atoms with van der Waals surface area (Å²) in [5.74, 6) is 0.151. The van der Waals surface area contributed by atoms with Gasteiger partial charge in [0, 0.05) is 11.9 Å². The molecule has 1 amide bonds. The Labute approximate surface area is 101 Å². The Hall–Kier alpha value is -0.530. The number of carbonyl (C=O) groups is 1. The molecule has 0 aromatic heterocycles. The Morgan fingerprint density at radius 2 is 2.00 bits per heavy atom. The smallest absolute Gasteiger partial charge is 0.421 e. The van der Waals surface area contributed by atoms with Gasteiger partial charge < -0.3 is 4.74 Å². The molecule has 8 heteroatoms. The number of rotatable bonds is 6. The van der Waals surface area contributed by atoms with Gasteiger partial charge in [0.05, 0.1) is 6.61 Å². The van der Waals surface area contributed by atoms with Gasteiger partial charge in [0.1, 0.15) is 0 Å². The molecule has 0 aliphatic rings. The molecule has 0 saturated heterocycles. The van der Waals surface area contributed by atoms with Gasteiger partial charge in [-0.2, -0.15) is 13.1 Å². The first-order valence-corrected chi connectivity index (χ1v) is 6.87. The van der Waals surface area contributed by atoms with Crippen LogP contribution in [0, 0.1) is 5.92 Å². The number of hydrogen-bond acceptors (Lipinski definition) is 4. The summed E-state index contributed by atoms with van der Waals surface area (Å²) in [7, 11) is -3.92. The van der Waals surface area contributed by atoms with E-state index in [1.165, 1.54) is 0 Å². The van der Waals surface area contributed by atoms with Gasteiger partial charge in [-0.1, -0.05) is 13.8 Å². The molecule has 0 bridgehead atoms. The third kappa shape index (κ3) is 6.14. The molecular formula is C8H17ClN2O4S. The summed E-state index contributed by atoms with van der Waals surface area (Å²) in [5.41, 5.74) is 0. The highest BCUT2D eigenvalue weighted by Crippen LogP contribution is 2.04. The summed E-state index contributed by atoms with van der Waals surface area (Å²) in [6, 6.07) is -0.436. The largest absolute Gasteiger partial charge is 0.449 e. The number of nitrogens with one attached hydrogen (secondary N) is 2. The van der Waals surface area contributed by atoms with Crippen molar-refractivity contribution in [1.29, 1.82) is 0 Å². The molecule has 0 aromatic rings. The van der Waals surface area contributed by atoms with Crippen LogP contribution in [-0.4, -0.2) is 33.0 Å². The van der Waals surface area contributed by atoms with E-state index in [9.17, 15) is 13.2 Å². The van der Waals surface area contributed by atoms with Crippen molar-refractivity contribution in [2.24, 2.45) is 5.92 Å². The highest BCUT2D eigenvalue weighted by molar-refractivity contribution is 7.88. The average Bonchev–Trinajstić information content (AvgIpc) is 2.13. The predicted molar refractivity (Wildman–Crippen MR) is 61.6 cm³/mol. The van der Waals surface area contributed by atoms with E-state index in [-0.39, 0.29) is 18.4 Å². The molecule has 16 heavy (non-hydrogen) atoms. The zero-order valence-corrected chi connectivity index (χ0v) is 11.1. The number of carbonyl (C=O) groups excluding carboxylic acids is 1. The number of ether oxygens (including phenoxy) is 1. The van der Waals surface area contributed by atoms with Crippen molar-refractivity contribution in [1.82, 2.24) is 9.44 Å². The van der Waals surface area contributed by atoms with Gasteiger partial charge in [0.15, 0.2) is 0 Å². The average molecular weight is 273 g/mol. The van der Waals surface area contributed by atoms with Gasteiger partial charge in [-0.05, 0) is 12.8 Å². The maximum absolute atomic E-state index is 11.4. The molecule has 1 atom stereocenters. The first kappa shape index (κ1) is 15.5. The van der Waals surface area contributed by atoms with Gasteiger partial charge in [-0.25, -0.2) is 9.52 Å². The van der Waals surface area contributed by atoms with Crippen LogP contribution in [0.4, 0.5) is 4.79 Å². The first-order valence-electron chi connectivity index (χ1n) is 4.85. The Balaban J connectivity index is 4.39. The molecule has 0 rings (SSSR count). The summed E-state index contributed by atoms with van der Waals surface area (Å²) in [4.78, 5) is 10.9. The third-order valence-electron chi connectivity index (χ3n) is 1.77. The van der Waals surface area contributed by atoms with Crippen LogP contribution in [0.15, 0.2) is 0 Å². The van der Waals surface area contributed by atoms with Crippen LogP contribution >= 0.6 is 11.6 Å². The van der Waals surface area contributed by atoms with Crippen LogP contribution in [0.5, 0.6) is 0 Å². The van der Waals surface area contributed by atoms with Crippen LogP contribution < -0.4 is 9.44 Å². The summed E-state index contributed by atoms with van der Waals surface area (Å²) >= 11 is 5.60. The minimum Gasteiger partial charge on any atom is -0.449 e. The highest BCUT2D eigenvalue weighted by Gasteiger charge is 2.21. The second-order valence-corrected chi connectivity index (χ2v) is 5.20. The number of hydrogen-bond donors (Lipinski definition) is 2. The number of amides is 1. The van der Waals surface area contributed by atoms with E-state index < -0.39 is 22.3 Å². The molecule has 0 fully saturated rings. The van der Waals surface area contributed by atoms with E-state index in [2.05, 4.69) is 9.46 Å². The van der Waals surface area contributed by atoms with Crippen molar-refractivity contribution in [3.8, 4) is 0 Å². The van der Waals surface area contributed by atoms with Crippen LogP contribution in [0.3, 0.4) is 0 Å². The lowest BCUT2D eigenvalue weighted by atomic mass is 10.1. The topological polar surface area (TPSA) is 84.5 Å². The second-order valence-electron chi connectivity index (χ2n) is 3.45. The fourth-order valence-corrected chi connectivity index (χ4v) is 2.46. The summed E-state index contributed by atoms with van der Waals surface area (Å²) in [5, 5.41) is 0. The lowest BCUT2D eigenvalue weighted by Gasteiger charge is -2.19. The molecule has 2 N–H and O–H groups in total. The summed E-state index contributed by atoms with van der Waals surface area (Å²) in [6.07, 6.45) is -1.01. The maximum atomic E-state index is 11.4.